The van der Waals surface area contributed by atoms with Crippen molar-refractivity contribution in [1.82, 2.24) is 49.3 Å². The van der Waals surface area contributed by atoms with Gasteiger partial charge in [-0.2, -0.15) is 0 Å². The Morgan fingerprint density at radius 2 is 1.91 bits per heavy atom. The van der Waals surface area contributed by atoms with Crippen LogP contribution < -0.4 is 9.47 Å². The summed E-state index contributed by atoms with van der Waals surface area (Å²) in [5.41, 5.74) is 4.96. The fraction of sp³-hybridized carbons (Fsp3) is 0.312. The van der Waals surface area contributed by atoms with Gasteiger partial charge in [-0.1, -0.05) is 23.4 Å². The highest BCUT2D eigenvalue weighted by atomic mass is 16.5. The number of pyridine rings is 1. The number of aromatic amines is 1. The molecule has 0 radical (unpaired) electrons. The molecule has 230 valence electrons. The number of para-hydroxylation sites is 1. The molecular weight excluding hydrogens is 572 g/mol. The van der Waals surface area contributed by atoms with E-state index >= 15 is 0 Å². The summed E-state index contributed by atoms with van der Waals surface area (Å²) in [7, 11) is 5.10. The van der Waals surface area contributed by atoms with Crippen LogP contribution >= 0.6 is 0 Å². The Morgan fingerprint density at radius 1 is 1.04 bits per heavy atom. The van der Waals surface area contributed by atoms with E-state index in [9.17, 15) is 4.79 Å². The summed E-state index contributed by atoms with van der Waals surface area (Å²) in [4.78, 5) is 36.0. The van der Waals surface area contributed by atoms with Gasteiger partial charge in [-0.3, -0.25) is 14.4 Å². The summed E-state index contributed by atoms with van der Waals surface area (Å²) in [6, 6.07) is 15.3. The van der Waals surface area contributed by atoms with E-state index in [-0.39, 0.29) is 18.5 Å². The molecule has 1 N–H and O–H groups in total. The zero-order valence-electron chi connectivity index (χ0n) is 25.6. The first-order valence-electron chi connectivity index (χ1n) is 14.8. The van der Waals surface area contributed by atoms with Gasteiger partial charge >= 0.3 is 0 Å². The normalized spacial score (nSPS) is 15.6. The summed E-state index contributed by atoms with van der Waals surface area (Å²) in [6.07, 6.45) is 3.70. The van der Waals surface area contributed by atoms with E-state index in [4.69, 9.17) is 19.4 Å². The van der Waals surface area contributed by atoms with Crippen LogP contribution in [0.1, 0.15) is 23.4 Å². The largest absolute Gasteiger partial charge is 0.497 e. The minimum Gasteiger partial charge on any atom is -0.497 e. The number of aryl methyl sites for hydroxylation is 2. The number of amides is 1. The van der Waals surface area contributed by atoms with Gasteiger partial charge in [-0.15, -0.1) is 5.10 Å². The number of imidazole rings is 2. The second kappa shape index (κ2) is 11.7. The SMILES string of the molecule is COc1ccc2nc(C)n(CC(=O)N3CCN(Cc4cn(C)nn4)C[C@H]3c3ncc(-c4cc5ccccc5nc4OC)[nH]3)c2c1. The maximum atomic E-state index is 14.1. The van der Waals surface area contributed by atoms with Gasteiger partial charge < -0.3 is 23.9 Å². The van der Waals surface area contributed by atoms with Crippen LogP contribution in [0.4, 0.5) is 0 Å². The summed E-state index contributed by atoms with van der Waals surface area (Å²) in [5.74, 6) is 2.65. The topological polar surface area (TPSA) is 132 Å². The molecule has 5 heterocycles. The Morgan fingerprint density at radius 3 is 2.71 bits per heavy atom. The van der Waals surface area contributed by atoms with Gasteiger partial charge in [-0.25, -0.2) is 15.0 Å². The molecule has 1 amide bonds. The Kier molecular flexibility index (Phi) is 7.37. The number of piperazine rings is 1. The fourth-order valence-corrected chi connectivity index (χ4v) is 6.08. The van der Waals surface area contributed by atoms with E-state index in [1.807, 2.05) is 78.2 Å². The van der Waals surface area contributed by atoms with Crippen LogP contribution in [0.25, 0.3) is 33.2 Å². The Hall–Kier alpha value is -5.30. The van der Waals surface area contributed by atoms with Crippen molar-refractivity contribution in [1.29, 1.82) is 0 Å². The van der Waals surface area contributed by atoms with Crippen LogP contribution in [0.5, 0.6) is 11.6 Å². The number of ether oxygens (including phenoxy) is 2. The smallest absolute Gasteiger partial charge is 0.243 e. The highest BCUT2D eigenvalue weighted by molar-refractivity contribution is 5.85. The molecule has 7 rings (SSSR count). The fourth-order valence-electron chi connectivity index (χ4n) is 6.08. The number of carbonyl (C=O) groups excluding carboxylic acids is 1. The van der Waals surface area contributed by atoms with E-state index < -0.39 is 0 Å². The van der Waals surface area contributed by atoms with Gasteiger partial charge in [0.1, 0.15) is 30.0 Å². The molecule has 0 unspecified atom stereocenters. The first-order valence-corrected chi connectivity index (χ1v) is 14.8. The van der Waals surface area contributed by atoms with Crippen molar-refractivity contribution in [3.63, 3.8) is 0 Å². The molecule has 45 heavy (non-hydrogen) atoms. The lowest BCUT2D eigenvalue weighted by molar-refractivity contribution is -0.137. The van der Waals surface area contributed by atoms with Crippen molar-refractivity contribution >= 4 is 27.8 Å². The molecule has 0 spiro atoms. The minimum atomic E-state index is -0.333. The number of rotatable bonds is 8. The van der Waals surface area contributed by atoms with Crippen LogP contribution in [-0.2, 0) is 24.9 Å². The lowest BCUT2D eigenvalue weighted by Gasteiger charge is -2.40. The van der Waals surface area contributed by atoms with E-state index in [1.165, 1.54) is 0 Å². The number of hydrogen-bond acceptors (Lipinski definition) is 9. The van der Waals surface area contributed by atoms with Crippen molar-refractivity contribution in [3.05, 3.63) is 78.3 Å². The van der Waals surface area contributed by atoms with Crippen LogP contribution in [0.15, 0.2) is 60.9 Å². The summed E-state index contributed by atoms with van der Waals surface area (Å²) in [6.45, 7) is 4.46. The maximum absolute atomic E-state index is 14.1. The highest BCUT2D eigenvalue weighted by Crippen LogP contribution is 2.33. The summed E-state index contributed by atoms with van der Waals surface area (Å²) in [5, 5.41) is 9.36. The number of nitrogens with one attached hydrogen (secondary N) is 1. The van der Waals surface area contributed by atoms with E-state index in [0.717, 1.165) is 44.7 Å². The molecule has 0 aliphatic carbocycles. The number of carbonyl (C=O) groups is 1. The van der Waals surface area contributed by atoms with Crippen molar-refractivity contribution in [2.24, 2.45) is 7.05 Å². The molecule has 1 aliphatic rings. The number of fused-ring (bicyclic) bond motifs is 2. The standard InChI is InChI=1S/C32H34N10O3/c1-20-34-26-10-9-23(44-3)14-28(26)42(20)19-30(43)41-12-11-40(17-22-16-39(2)38-37-22)18-29(41)31-33-15-27(35-31)24-13-21-7-5-6-8-25(21)36-32(24)45-4/h5-10,13-16,29H,11-12,17-19H2,1-4H3,(H,33,35)/t29-/m0/s1. The third-order valence-electron chi connectivity index (χ3n) is 8.34. The molecule has 1 fully saturated rings. The van der Waals surface area contributed by atoms with Gasteiger partial charge in [0.2, 0.25) is 11.8 Å². The van der Waals surface area contributed by atoms with E-state index in [2.05, 4.69) is 25.2 Å². The van der Waals surface area contributed by atoms with Gasteiger partial charge in [0.05, 0.1) is 53.9 Å². The van der Waals surface area contributed by atoms with Crippen LogP contribution in [0.3, 0.4) is 0 Å². The first kappa shape index (κ1) is 28.5. The molecule has 6 aromatic rings. The first-order chi connectivity index (χ1) is 21.9. The quantitative estimate of drug-likeness (QED) is 0.276. The maximum Gasteiger partial charge on any atom is 0.243 e. The van der Waals surface area contributed by atoms with Gasteiger partial charge in [0.25, 0.3) is 0 Å². The molecule has 1 atom stereocenters. The van der Waals surface area contributed by atoms with Crippen molar-refractivity contribution in [3.8, 4) is 22.9 Å². The number of methoxy groups -OCH3 is 2. The van der Waals surface area contributed by atoms with Crippen molar-refractivity contribution in [2.45, 2.75) is 26.1 Å². The molecule has 13 nitrogen and oxygen atoms in total. The number of aromatic nitrogens is 8. The Labute approximate surface area is 259 Å². The summed E-state index contributed by atoms with van der Waals surface area (Å²) < 4.78 is 14.8. The van der Waals surface area contributed by atoms with Gasteiger partial charge in [0, 0.05) is 50.9 Å². The monoisotopic (exact) mass is 606 g/mol. The minimum absolute atomic E-state index is 0.0210. The molecule has 0 bridgehead atoms. The van der Waals surface area contributed by atoms with E-state index in [1.54, 1.807) is 25.1 Å². The van der Waals surface area contributed by atoms with Gasteiger partial charge in [-0.05, 0) is 31.2 Å². The van der Waals surface area contributed by atoms with Crippen LogP contribution in [0.2, 0.25) is 0 Å². The van der Waals surface area contributed by atoms with Gasteiger partial charge in [0.15, 0.2) is 0 Å². The van der Waals surface area contributed by atoms with Crippen LogP contribution in [0, 0.1) is 6.92 Å². The molecule has 4 aromatic heterocycles. The molecule has 2 aromatic carbocycles. The number of hydrogen-bond donors (Lipinski definition) is 1. The molecule has 0 saturated carbocycles. The summed E-state index contributed by atoms with van der Waals surface area (Å²) >= 11 is 0. The lowest BCUT2D eigenvalue weighted by atomic mass is 10.1. The predicted molar refractivity (Wildman–Crippen MR) is 168 cm³/mol. The molecular formula is C32H34N10O3. The average molecular weight is 607 g/mol. The zero-order valence-corrected chi connectivity index (χ0v) is 25.6. The third kappa shape index (κ3) is 5.46. The Bertz CT molecular complexity index is 2010. The highest BCUT2D eigenvalue weighted by Gasteiger charge is 2.34. The number of H-pyrrole nitrogens is 1. The molecule has 1 aliphatic heterocycles. The van der Waals surface area contributed by atoms with E-state index in [0.29, 0.717) is 43.6 Å². The zero-order chi connectivity index (χ0) is 31.1. The molecule has 1 saturated heterocycles. The van der Waals surface area contributed by atoms with Crippen LogP contribution in [-0.4, -0.2) is 89.1 Å². The second-order valence-electron chi connectivity index (χ2n) is 11.2. The second-order valence-corrected chi connectivity index (χ2v) is 11.2. The van der Waals surface area contributed by atoms with Crippen molar-refractivity contribution < 1.29 is 14.3 Å². The number of nitrogens with zero attached hydrogens (tertiary/aromatic N) is 9. The number of benzene rings is 2. The third-order valence-corrected chi connectivity index (χ3v) is 8.34. The average Bonchev–Trinajstić information content (AvgIpc) is 3.79. The Balaban J connectivity index is 1.22. The van der Waals surface area contributed by atoms with Crippen molar-refractivity contribution in [2.75, 3.05) is 33.9 Å². The molecule has 13 heteroatoms. The lowest BCUT2D eigenvalue weighted by Crippen LogP contribution is -2.51. The predicted octanol–water partition coefficient (Wildman–Crippen LogP) is 3.51.